The zero-order chi connectivity index (χ0) is 14.5. The van der Waals surface area contributed by atoms with Gasteiger partial charge in [-0.2, -0.15) is 4.39 Å². The standard InChI is InChI=1S/C14H19FN2O3/c15-12-7-10(5-6-13(12)17(18)19)9-20-14-4-2-1-3-11(14)8-16/h5-7,11,14H,1-4,8-9,16H2. The Morgan fingerprint density at radius 3 is 2.80 bits per heavy atom. The Morgan fingerprint density at radius 1 is 1.40 bits per heavy atom. The van der Waals surface area contributed by atoms with Crippen LogP contribution in [0, 0.1) is 21.8 Å². The van der Waals surface area contributed by atoms with E-state index in [1.807, 2.05) is 0 Å². The topological polar surface area (TPSA) is 78.4 Å². The van der Waals surface area contributed by atoms with E-state index >= 15 is 0 Å². The van der Waals surface area contributed by atoms with Gasteiger partial charge in [0.2, 0.25) is 5.82 Å². The van der Waals surface area contributed by atoms with E-state index in [0.717, 1.165) is 19.3 Å². The number of nitrogens with two attached hydrogens (primary N) is 1. The summed E-state index contributed by atoms with van der Waals surface area (Å²) in [6.45, 7) is 0.857. The van der Waals surface area contributed by atoms with Crippen LogP contribution in [0.25, 0.3) is 0 Å². The highest BCUT2D eigenvalue weighted by Crippen LogP contribution is 2.27. The van der Waals surface area contributed by atoms with E-state index in [1.54, 1.807) is 0 Å². The number of nitro groups is 1. The zero-order valence-electron chi connectivity index (χ0n) is 11.3. The molecule has 2 unspecified atom stereocenters. The van der Waals surface area contributed by atoms with Crippen molar-refractivity contribution in [1.29, 1.82) is 0 Å². The minimum Gasteiger partial charge on any atom is -0.373 e. The van der Waals surface area contributed by atoms with Crippen LogP contribution in [0.5, 0.6) is 0 Å². The number of nitro benzene ring substituents is 1. The molecule has 2 N–H and O–H groups in total. The van der Waals surface area contributed by atoms with Gasteiger partial charge in [0.25, 0.3) is 0 Å². The molecular weight excluding hydrogens is 263 g/mol. The van der Waals surface area contributed by atoms with Gasteiger partial charge in [0, 0.05) is 6.07 Å². The maximum absolute atomic E-state index is 13.5. The van der Waals surface area contributed by atoms with Gasteiger partial charge in [0.1, 0.15) is 0 Å². The third-order valence-electron chi connectivity index (χ3n) is 3.81. The Labute approximate surface area is 117 Å². The molecule has 1 aliphatic rings. The van der Waals surface area contributed by atoms with Crippen molar-refractivity contribution in [2.24, 2.45) is 11.7 Å². The normalized spacial score (nSPS) is 22.7. The third-order valence-corrected chi connectivity index (χ3v) is 3.81. The van der Waals surface area contributed by atoms with Crippen LogP contribution in [0.1, 0.15) is 31.2 Å². The number of hydrogen-bond donors (Lipinski definition) is 1. The summed E-state index contributed by atoms with van der Waals surface area (Å²) >= 11 is 0. The van der Waals surface area contributed by atoms with Crippen LogP contribution in [0.3, 0.4) is 0 Å². The molecule has 1 saturated carbocycles. The number of hydrogen-bond acceptors (Lipinski definition) is 4. The van der Waals surface area contributed by atoms with Crippen molar-refractivity contribution in [2.75, 3.05) is 6.54 Å². The third kappa shape index (κ3) is 3.52. The highest BCUT2D eigenvalue weighted by atomic mass is 19.1. The first kappa shape index (κ1) is 14.9. The largest absolute Gasteiger partial charge is 0.373 e. The smallest absolute Gasteiger partial charge is 0.304 e. The lowest BCUT2D eigenvalue weighted by Crippen LogP contribution is -2.33. The molecule has 0 heterocycles. The van der Waals surface area contributed by atoms with Crippen molar-refractivity contribution >= 4 is 5.69 Å². The molecule has 110 valence electrons. The maximum Gasteiger partial charge on any atom is 0.304 e. The molecule has 0 bridgehead atoms. The van der Waals surface area contributed by atoms with Crippen molar-refractivity contribution in [3.05, 3.63) is 39.7 Å². The Morgan fingerprint density at radius 2 is 2.15 bits per heavy atom. The van der Waals surface area contributed by atoms with Crippen molar-refractivity contribution in [1.82, 2.24) is 0 Å². The molecule has 1 aromatic rings. The van der Waals surface area contributed by atoms with E-state index in [2.05, 4.69) is 0 Å². The summed E-state index contributed by atoms with van der Waals surface area (Å²) in [6.07, 6.45) is 4.43. The number of benzene rings is 1. The molecule has 1 aliphatic carbocycles. The lowest BCUT2D eigenvalue weighted by molar-refractivity contribution is -0.387. The van der Waals surface area contributed by atoms with Crippen LogP contribution in [0.4, 0.5) is 10.1 Å². The van der Waals surface area contributed by atoms with Gasteiger partial charge in [-0.05, 0) is 43.0 Å². The Bertz CT molecular complexity index is 481. The quantitative estimate of drug-likeness (QED) is 0.665. The molecule has 2 atom stereocenters. The molecule has 0 amide bonds. The van der Waals surface area contributed by atoms with Gasteiger partial charge in [0.05, 0.1) is 17.6 Å². The fourth-order valence-corrected chi connectivity index (χ4v) is 2.65. The van der Waals surface area contributed by atoms with Gasteiger partial charge in [-0.3, -0.25) is 10.1 Å². The van der Waals surface area contributed by atoms with E-state index in [1.165, 1.54) is 24.6 Å². The first-order valence-corrected chi connectivity index (χ1v) is 6.86. The van der Waals surface area contributed by atoms with E-state index in [4.69, 9.17) is 10.5 Å². The van der Waals surface area contributed by atoms with Gasteiger partial charge in [0.15, 0.2) is 0 Å². The van der Waals surface area contributed by atoms with Crippen LogP contribution >= 0.6 is 0 Å². The molecule has 0 radical (unpaired) electrons. The second kappa shape index (κ2) is 6.76. The summed E-state index contributed by atoms with van der Waals surface area (Å²) in [5, 5.41) is 10.5. The number of nitrogens with zero attached hydrogens (tertiary/aromatic N) is 1. The molecule has 20 heavy (non-hydrogen) atoms. The summed E-state index contributed by atoms with van der Waals surface area (Å²) in [5.41, 5.74) is 5.82. The van der Waals surface area contributed by atoms with E-state index in [9.17, 15) is 14.5 Å². The molecular formula is C14H19FN2O3. The van der Waals surface area contributed by atoms with Crippen LogP contribution < -0.4 is 5.73 Å². The summed E-state index contributed by atoms with van der Waals surface area (Å²) in [4.78, 5) is 9.81. The molecule has 0 saturated heterocycles. The van der Waals surface area contributed by atoms with Crippen molar-refractivity contribution in [2.45, 2.75) is 38.4 Å². The number of ether oxygens (including phenoxy) is 1. The highest BCUT2D eigenvalue weighted by Gasteiger charge is 2.24. The van der Waals surface area contributed by atoms with Crippen molar-refractivity contribution < 1.29 is 14.1 Å². The highest BCUT2D eigenvalue weighted by molar-refractivity contribution is 5.34. The minimum atomic E-state index is -0.824. The molecule has 0 aromatic heterocycles. The molecule has 5 nitrogen and oxygen atoms in total. The van der Waals surface area contributed by atoms with Crippen LogP contribution in [-0.4, -0.2) is 17.6 Å². The predicted octanol–water partition coefficient (Wildman–Crippen LogP) is 2.77. The fraction of sp³-hybridized carbons (Fsp3) is 0.571. The average molecular weight is 282 g/mol. The van der Waals surface area contributed by atoms with Crippen molar-refractivity contribution in [3.8, 4) is 0 Å². The Hall–Kier alpha value is -1.53. The van der Waals surface area contributed by atoms with Gasteiger partial charge in [-0.15, -0.1) is 0 Å². The summed E-state index contributed by atoms with van der Waals surface area (Å²) < 4.78 is 19.3. The lowest BCUT2D eigenvalue weighted by Gasteiger charge is -2.30. The molecule has 1 aromatic carbocycles. The molecule has 0 aliphatic heterocycles. The molecule has 6 heteroatoms. The Kier molecular flexibility index (Phi) is 5.03. The second-order valence-electron chi connectivity index (χ2n) is 5.17. The first-order chi connectivity index (χ1) is 9.61. The molecule has 2 rings (SSSR count). The first-order valence-electron chi connectivity index (χ1n) is 6.86. The SMILES string of the molecule is NCC1CCCCC1OCc1ccc([N+](=O)[O-])c(F)c1. The van der Waals surface area contributed by atoms with Gasteiger partial charge in [-0.1, -0.05) is 12.8 Å². The summed E-state index contributed by atoms with van der Waals surface area (Å²) in [5.74, 6) is -0.471. The van der Waals surface area contributed by atoms with Crippen LogP contribution in [-0.2, 0) is 11.3 Å². The molecule has 0 spiro atoms. The van der Waals surface area contributed by atoms with Crippen LogP contribution in [0.2, 0.25) is 0 Å². The van der Waals surface area contributed by atoms with E-state index < -0.39 is 16.4 Å². The summed E-state index contributed by atoms with van der Waals surface area (Å²) in [6, 6.07) is 3.87. The number of halogens is 1. The lowest BCUT2D eigenvalue weighted by atomic mass is 9.86. The van der Waals surface area contributed by atoms with E-state index in [0.29, 0.717) is 18.0 Å². The van der Waals surface area contributed by atoms with Crippen molar-refractivity contribution in [3.63, 3.8) is 0 Å². The number of rotatable bonds is 5. The maximum atomic E-state index is 13.5. The predicted molar refractivity (Wildman–Crippen MR) is 72.6 cm³/mol. The van der Waals surface area contributed by atoms with E-state index in [-0.39, 0.29) is 12.7 Å². The summed E-state index contributed by atoms with van der Waals surface area (Å²) in [7, 11) is 0. The Balaban J connectivity index is 1.96. The van der Waals surface area contributed by atoms with Gasteiger partial charge in [-0.25, -0.2) is 0 Å². The fourth-order valence-electron chi connectivity index (χ4n) is 2.65. The monoisotopic (exact) mass is 282 g/mol. The van der Waals surface area contributed by atoms with Crippen LogP contribution in [0.15, 0.2) is 18.2 Å². The molecule has 1 fully saturated rings. The minimum absolute atomic E-state index is 0.104. The van der Waals surface area contributed by atoms with Gasteiger partial charge >= 0.3 is 5.69 Å². The zero-order valence-corrected chi connectivity index (χ0v) is 11.3. The second-order valence-corrected chi connectivity index (χ2v) is 5.17. The van der Waals surface area contributed by atoms with Gasteiger partial charge < -0.3 is 10.5 Å². The average Bonchev–Trinajstić information content (AvgIpc) is 2.45.